The van der Waals surface area contributed by atoms with Gasteiger partial charge in [-0.1, -0.05) is 57.0 Å². The topological polar surface area (TPSA) is 57.6 Å². The van der Waals surface area contributed by atoms with Gasteiger partial charge in [-0.25, -0.2) is 0 Å². The highest BCUT2D eigenvalue weighted by Gasteiger charge is 2.10. The molecule has 0 aliphatic heterocycles. The number of rotatable bonds is 6. The first-order valence-electron chi connectivity index (χ1n) is 7.79. The van der Waals surface area contributed by atoms with Gasteiger partial charge in [0.05, 0.1) is 6.42 Å². The van der Waals surface area contributed by atoms with Crippen LogP contribution in [-0.4, -0.2) is 28.4 Å². The first-order valence-corrected chi connectivity index (χ1v) is 7.79. The fraction of sp³-hybridized carbons (Fsp3) is 0.556. The molecule has 124 valence electrons. The van der Waals surface area contributed by atoms with E-state index in [-0.39, 0.29) is 18.9 Å². The molecular formula is C18H29NO3. The van der Waals surface area contributed by atoms with E-state index in [1.54, 1.807) is 4.90 Å². The summed E-state index contributed by atoms with van der Waals surface area (Å²) in [5.41, 5.74) is 2.17. The summed E-state index contributed by atoms with van der Waals surface area (Å²) in [6, 6.07) is 7.85. The van der Waals surface area contributed by atoms with E-state index in [2.05, 4.69) is 20.8 Å². The molecule has 0 radical (unpaired) electrons. The Morgan fingerprint density at radius 3 is 2.05 bits per heavy atom. The van der Waals surface area contributed by atoms with Crippen molar-refractivity contribution in [3.05, 3.63) is 35.4 Å². The lowest BCUT2D eigenvalue weighted by atomic mass is 10.1. The fourth-order valence-corrected chi connectivity index (χ4v) is 1.49. The first-order chi connectivity index (χ1) is 10.3. The Kier molecular flexibility index (Phi) is 9.92. The number of carbonyl (C=O) groups is 2. The van der Waals surface area contributed by atoms with Crippen LogP contribution in [0.15, 0.2) is 24.3 Å². The summed E-state index contributed by atoms with van der Waals surface area (Å²) in [4.78, 5) is 23.4. The molecule has 1 N–H and O–H groups in total. The number of carbonyl (C=O) groups excluding carboxylic acids is 1. The highest BCUT2D eigenvalue weighted by molar-refractivity contribution is 5.74. The van der Waals surface area contributed by atoms with Crippen LogP contribution in [0.2, 0.25) is 0 Å². The van der Waals surface area contributed by atoms with Crippen molar-refractivity contribution in [2.75, 3.05) is 6.54 Å². The highest BCUT2D eigenvalue weighted by Crippen LogP contribution is 2.07. The molecule has 1 aromatic carbocycles. The van der Waals surface area contributed by atoms with Crippen LogP contribution < -0.4 is 0 Å². The number of nitrogens with zero attached hydrogens (tertiary/aromatic N) is 1. The maximum atomic E-state index is 11.4. The molecule has 0 fully saturated rings. The number of benzene rings is 1. The Morgan fingerprint density at radius 1 is 1.18 bits per heavy atom. The summed E-state index contributed by atoms with van der Waals surface area (Å²) in [5.74, 6) is -0.109. The number of aliphatic carboxylic acids is 1. The van der Waals surface area contributed by atoms with Gasteiger partial charge in [-0.05, 0) is 18.4 Å². The SMILES string of the molecule is CC(=O)N(CCC(=O)O)Cc1ccc(C)cc1.CCC(C)C. The molecule has 4 nitrogen and oxygen atoms in total. The lowest BCUT2D eigenvalue weighted by Gasteiger charge is -2.20. The van der Waals surface area contributed by atoms with Crippen LogP contribution in [0.25, 0.3) is 0 Å². The van der Waals surface area contributed by atoms with Gasteiger partial charge in [0.2, 0.25) is 5.91 Å². The van der Waals surface area contributed by atoms with E-state index in [0.29, 0.717) is 6.54 Å². The average molecular weight is 307 g/mol. The largest absolute Gasteiger partial charge is 0.481 e. The van der Waals surface area contributed by atoms with E-state index in [1.807, 2.05) is 31.2 Å². The van der Waals surface area contributed by atoms with Crippen molar-refractivity contribution >= 4 is 11.9 Å². The summed E-state index contributed by atoms with van der Waals surface area (Å²) in [6.07, 6.45) is 1.28. The molecule has 0 unspecified atom stereocenters. The molecule has 1 aromatic rings. The number of amides is 1. The minimum absolute atomic E-state index is 0.0224. The van der Waals surface area contributed by atoms with E-state index >= 15 is 0 Å². The van der Waals surface area contributed by atoms with Crippen molar-refractivity contribution in [3.63, 3.8) is 0 Å². The predicted molar refractivity (Wildman–Crippen MR) is 89.7 cm³/mol. The van der Waals surface area contributed by atoms with E-state index in [9.17, 15) is 9.59 Å². The molecule has 0 aliphatic rings. The predicted octanol–water partition coefficient (Wildman–Crippen LogP) is 3.87. The Balaban J connectivity index is 0.000000763. The van der Waals surface area contributed by atoms with Crippen molar-refractivity contribution in [2.24, 2.45) is 5.92 Å². The van der Waals surface area contributed by atoms with Gasteiger partial charge in [-0.3, -0.25) is 9.59 Å². The number of aryl methyl sites for hydroxylation is 1. The molecule has 0 bridgehead atoms. The van der Waals surface area contributed by atoms with Gasteiger partial charge < -0.3 is 10.0 Å². The minimum atomic E-state index is -0.889. The molecule has 0 saturated carbocycles. The van der Waals surface area contributed by atoms with Crippen LogP contribution in [0.5, 0.6) is 0 Å². The fourth-order valence-electron chi connectivity index (χ4n) is 1.49. The summed E-state index contributed by atoms with van der Waals surface area (Å²) < 4.78 is 0. The lowest BCUT2D eigenvalue weighted by Crippen LogP contribution is -2.30. The Morgan fingerprint density at radius 2 is 1.68 bits per heavy atom. The van der Waals surface area contributed by atoms with Gasteiger partial charge in [0.15, 0.2) is 0 Å². The van der Waals surface area contributed by atoms with Gasteiger partial charge in [0.25, 0.3) is 0 Å². The number of carboxylic acids is 1. The molecule has 4 heteroatoms. The molecule has 1 rings (SSSR count). The minimum Gasteiger partial charge on any atom is -0.481 e. The number of hydrogen-bond acceptors (Lipinski definition) is 2. The molecular weight excluding hydrogens is 278 g/mol. The molecule has 0 aromatic heterocycles. The van der Waals surface area contributed by atoms with Crippen LogP contribution in [-0.2, 0) is 16.1 Å². The van der Waals surface area contributed by atoms with Gasteiger partial charge in [-0.15, -0.1) is 0 Å². The molecule has 0 aliphatic carbocycles. The summed E-state index contributed by atoms with van der Waals surface area (Å²) in [7, 11) is 0. The van der Waals surface area contributed by atoms with Gasteiger partial charge in [-0.2, -0.15) is 0 Å². The van der Waals surface area contributed by atoms with Crippen LogP contribution >= 0.6 is 0 Å². The zero-order valence-corrected chi connectivity index (χ0v) is 14.4. The van der Waals surface area contributed by atoms with Crippen molar-refractivity contribution < 1.29 is 14.7 Å². The quantitative estimate of drug-likeness (QED) is 0.868. The number of carboxylic acid groups (broad SMARTS) is 1. The summed E-state index contributed by atoms with van der Waals surface area (Å²) in [6.45, 7) is 10.8. The van der Waals surface area contributed by atoms with E-state index in [0.717, 1.165) is 17.0 Å². The Labute approximate surface area is 134 Å². The van der Waals surface area contributed by atoms with Gasteiger partial charge >= 0.3 is 5.97 Å². The molecule has 0 atom stereocenters. The normalized spacial score (nSPS) is 9.91. The second kappa shape index (κ2) is 10.8. The van der Waals surface area contributed by atoms with Gasteiger partial charge in [0.1, 0.15) is 0 Å². The second-order valence-electron chi connectivity index (χ2n) is 5.87. The Hall–Kier alpha value is -1.84. The third-order valence-corrected chi connectivity index (χ3v) is 3.35. The maximum Gasteiger partial charge on any atom is 0.305 e. The van der Waals surface area contributed by atoms with Crippen LogP contribution in [0.3, 0.4) is 0 Å². The standard InChI is InChI=1S/C13H17NO3.C5H12/c1-10-3-5-12(6-4-10)9-14(11(2)15)8-7-13(16)17;1-4-5(2)3/h3-6H,7-9H2,1-2H3,(H,16,17);5H,4H2,1-3H3. The average Bonchev–Trinajstić information content (AvgIpc) is 2.45. The maximum absolute atomic E-state index is 11.4. The Bertz CT molecular complexity index is 452. The third-order valence-electron chi connectivity index (χ3n) is 3.35. The highest BCUT2D eigenvalue weighted by atomic mass is 16.4. The summed E-state index contributed by atoms with van der Waals surface area (Å²) >= 11 is 0. The van der Waals surface area contributed by atoms with Crippen molar-refractivity contribution in [2.45, 2.75) is 54.0 Å². The summed E-state index contributed by atoms with van der Waals surface area (Å²) in [5, 5.41) is 8.61. The molecule has 0 saturated heterocycles. The van der Waals surface area contributed by atoms with E-state index in [1.165, 1.54) is 13.3 Å². The molecule has 0 spiro atoms. The van der Waals surface area contributed by atoms with E-state index < -0.39 is 5.97 Å². The molecule has 22 heavy (non-hydrogen) atoms. The zero-order chi connectivity index (χ0) is 17.1. The smallest absolute Gasteiger partial charge is 0.305 e. The lowest BCUT2D eigenvalue weighted by molar-refractivity contribution is -0.138. The third kappa shape index (κ3) is 9.97. The monoisotopic (exact) mass is 307 g/mol. The van der Waals surface area contributed by atoms with Gasteiger partial charge in [0, 0.05) is 20.0 Å². The molecule has 0 heterocycles. The second-order valence-corrected chi connectivity index (χ2v) is 5.87. The number of hydrogen-bond donors (Lipinski definition) is 1. The van der Waals surface area contributed by atoms with E-state index in [4.69, 9.17) is 5.11 Å². The zero-order valence-electron chi connectivity index (χ0n) is 14.4. The van der Waals surface area contributed by atoms with Crippen molar-refractivity contribution in [1.29, 1.82) is 0 Å². The van der Waals surface area contributed by atoms with Crippen LogP contribution in [0.1, 0.15) is 51.7 Å². The van der Waals surface area contributed by atoms with Crippen LogP contribution in [0, 0.1) is 12.8 Å². The molecule has 1 amide bonds. The van der Waals surface area contributed by atoms with Crippen molar-refractivity contribution in [3.8, 4) is 0 Å². The first kappa shape index (κ1) is 20.2. The van der Waals surface area contributed by atoms with Crippen LogP contribution in [0.4, 0.5) is 0 Å². The van der Waals surface area contributed by atoms with Crippen molar-refractivity contribution in [1.82, 2.24) is 4.90 Å².